The molecule has 25 rings (SSSR count). The van der Waals surface area contributed by atoms with E-state index in [1.807, 2.05) is 0 Å². The lowest BCUT2D eigenvalue weighted by Gasteiger charge is -2.34. The zero-order valence-corrected chi connectivity index (χ0v) is 37.9. The molecule has 0 aliphatic heterocycles. The molecule has 0 spiro atoms. The van der Waals surface area contributed by atoms with Gasteiger partial charge in [0.2, 0.25) is 0 Å². The number of rotatable bonds is 0. The van der Waals surface area contributed by atoms with Crippen molar-refractivity contribution in [3.05, 3.63) is 133 Å². The second-order valence-electron chi connectivity index (χ2n) is 22.7. The molecule has 0 N–H and O–H groups in total. The van der Waals surface area contributed by atoms with Crippen molar-refractivity contribution < 1.29 is 0 Å². The SMILES string of the molecule is Cl.c1cc2cc3cc4cc5ccc6cc7cc8cc9cccc%10cc%11cc%12cc%13ccc%14cc%15cc%16cc(c1)c2c1c3c2c4c3c5c6c4c7c5c8c(c9%10)c%11c6c%12c7c%13c%14c8c%15c(c%161)c2c1c3c4c(c56)c7c81. The molecule has 0 aliphatic rings. The molecule has 0 radical (unpaired) electrons. The maximum Gasteiger partial charge on any atom is -0.0000000465 e. The van der Waals surface area contributed by atoms with Crippen LogP contribution in [0.1, 0.15) is 0 Å². The smallest absolute Gasteiger partial charge is 0.0000000465 e. The lowest BCUT2D eigenvalue weighted by molar-refractivity contribution is 1.83. The van der Waals surface area contributed by atoms with Crippen LogP contribution in [0.5, 0.6) is 0 Å². The Kier molecular flexibility index (Phi) is 4.05. The molecule has 0 fully saturated rings. The molecule has 71 heavy (non-hydrogen) atoms. The van der Waals surface area contributed by atoms with Gasteiger partial charge in [-0.1, -0.05) is 60.7 Å². The average Bonchev–Trinajstić information content (AvgIpc) is 3.44. The number of halogens is 1. The van der Waals surface area contributed by atoms with Crippen molar-refractivity contribution in [2.45, 2.75) is 0 Å². The van der Waals surface area contributed by atoms with Crippen LogP contribution in [-0.2, 0) is 0 Å². The molecule has 0 unspecified atom stereocenters. The molecule has 0 aromatic heterocycles. The van der Waals surface area contributed by atoms with E-state index in [-0.39, 0.29) is 12.4 Å². The van der Waals surface area contributed by atoms with E-state index in [0.717, 1.165) is 0 Å². The van der Waals surface area contributed by atoms with Crippen LogP contribution in [-0.4, -0.2) is 0 Å². The van der Waals surface area contributed by atoms with E-state index in [2.05, 4.69) is 133 Å². The van der Waals surface area contributed by atoms with Gasteiger partial charge in [-0.05, 0) is 331 Å². The fraction of sp³-hybridized carbons (Fsp3) is 0. The normalized spacial score (nSPS) is 14.6. The summed E-state index contributed by atoms with van der Waals surface area (Å²) in [6.07, 6.45) is 0. The summed E-state index contributed by atoms with van der Waals surface area (Å²) < 4.78 is 0. The highest BCUT2D eigenvalue weighted by Gasteiger charge is 2.38. The Balaban J connectivity index is 0.00000353. The number of benzene rings is 25. The van der Waals surface area contributed by atoms with Crippen LogP contribution >= 0.6 is 12.4 Å². The largest absolute Gasteiger partial charge is 0.147 e. The molecule has 25 aromatic carbocycles. The molecule has 1 heteroatoms. The average molecular weight is 899 g/mol. The Labute approximate surface area is 402 Å². The Hall–Kier alpha value is -8.81. The summed E-state index contributed by atoms with van der Waals surface area (Å²) in [6.45, 7) is 0. The second kappa shape index (κ2) is 8.97. The Morgan fingerprint density at radius 2 is 0.239 bits per heavy atom. The second-order valence-corrected chi connectivity index (χ2v) is 22.7. The summed E-state index contributed by atoms with van der Waals surface area (Å²) >= 11 is 0. The first-order chi connectivity index (χ1) is 34.7. The Morgan fingerprint density at radius 3 is 0.437 bits per heavy atom. The maximum absolute atomic E-state index is 2.58. The van der Waals surface area contributed by atoms with Gasteiger partial charge in [0.05, 0.1) is 0 Å². The molecule has 310 valence electrons. The van der Waals surface area contributed by atoms with Crippen molar-refractivity contribution in [3.63, 3.8) is 0 Å². The molecule has 0 saturated carbocycles. The Morgan fingerprint density at radius 1 is 0.113 bits per heavy atom. The molecular weight excluding hydrogens is 876 g/mol. The van der Waals surface area contributed by atoms with Crippen LogP contribution in [0.25, 0.3) is 259 Å². The lowest BCUT2D eigenvalue weighted by Crippen LogP contribution is -2.05. The molecule has 0 aliphatic carbocycles. The van der Waals surface area contributed by atoms with Gasteiger partial charge in [0, 0.05) is 0 Å². The number of hydrogen-bond acceptors (Lipinski definition) is 0. The minimum Gasteiger partial charge on any atom is -0.147 e. The quantitative estimate of drug-likeness (QED) is 0.105. The Bertz CT molecular complexity index is 5920. The van der Waals surface area contributed by atoms with Gasteiger partial charge in [-0.15, -0.1) is 12.4 Å². The summed E-state index contributed by atoms with van der Waals surface area (Å²) in [7, 11) is 0. The zero-order chi connectivity index (χ0) is 43.3. The summed E-state index contributed by atoms with van der Waals surface area (Å²) in [5.74, 6) is 0. The van der Waals surface area contributed by atoms with E-state index in [4.69, 9.17) is 0 Å². The van der Waals surface area contributed by atoms with Crippen molar-refractivity contribution in [1.82, 2.24) is 0 Å². The number of hydrogen-bond donors (Lipinski definition) is 0. The van der Waals surface area contributed by atoms with Gasteiger partial charge in [0.15, 0.2) is 0 Å². The first kappa shape index (κ1) is 32.1. The standard InChI is InChI=1S/C70H22.ClH/c1-3-23-11-31-19-35-15-27-7-9-29-17-37-21-33-13-25-5-2-6-26-14-34-22-38-18-30-10-8-28-16-36-20-32-12-24(4-1)39(23)53-45(31)59-49(35)55-41(27)43(29)57-51(37)61-47(33)54(40(25)26)48(34)62-52(38)58-44(30)42(28)56-50(36)60(46(32)53)63(59)69-65(55)67(57)70(64(61)62)68(58)66(56)69;/h1-22H;1H. The molecular formula is C70H23Cl. The maximum atomic E-state index is 2.58. The molecule has 0 amide bonds. The minimum atomic E-state index is 0. The van der Waals surface area contributed by atoms with Gasteiger partial charge in [0.1, 0.15) is 0 Å². The summed E-state index contributed by atoms with van der Waals surface area (Å²) in [4.78, 5) is 0. The monoisotopic (exact) mass is 898 g/mol. The van der Waals surface area contributed by atoms with E-state index in [1.165, 1.54) is 259 Å². The third-order valence-corrected chi connectivity index (χ3v) is 20.3. The van der Waals surface area contributed by atoms with E-state index < -0.39 is 0 Å². The van der Waals surface area contributed by atoms with Crippen LogP contribution in [0.15, 0.2) is 133 Å². The highest BCUT2D eigenvalue weighted by Crippen LogP contribution is 2.68. The first-order valence-corrected chi connectivity index (χ1v) is 25.2. The zero-order valence-electron chi connectivity index (χ0n) is 37.1. The van der Waals surface area contributed by atoms with Crippen LogP contribution in [0, 0.1) is 0 Å². The van der Waals surface area contributed by atoms with Crippen LogP contribution < -0.4 is 0 Å². The third-order valence-electron chi connectivity index (χ3n) is 20.3. The molecule has 0 nitrogen and oxygen atoms in total. The van der Waals surface area contributed by atoms with Gasteiger partial charge >= 0.3 is 0 Å². The molecule has 0 atom stereocenters. The summed E-state index contributed by atoms with van der Waals surface area (Å²) in [5, 5.41) is 69.3. The molecule has 25 aromatic rings. The molecule has 0 heterocycles. The van der Waals surface area contributed by atoms with E-state index in [9.17, 15) is 0 Å². The molecule has 0 saturated heterocycles. The summed E-state index contributed by atoms with van der Waals surface area (Å²) in [6, 6.07) is 54.7. The summed E-state index contributed by atoms with van der Waals surface area (Å²) in [5.41, 5.74) is 0. The fourth-order valence-electron chi connectivity index (χ4n) is 18.6. The van der Waals surface area contributed by atoms with Crippen molar-refractivity contribution in [2.75, 3.05) is 0 Å². The highest BCUT2D eigenvalue weighted by atomic mass is 35.5. The van der Waals surface area contributed by atoms with Crippen molar-refractivity contribution in [1.29, 1.82) is 0 Å². The fourth-order valence-corrected chi connectivity index (χ4v) is 18.6. The van der Waals surface area contributed by atoms with Crippen molar-refractivity contribution in [3.8, 4) is 0 Å². The predicted molar refractivity (Wildman–Crippen MR) is 313 cm³/mol. The molecule has 0 bridgehead atoms. The van der Waals surface area contributed by atoms with Crippen LogP contribution in [0.2, 0.25) is 0 Å². The van der Waals surface area contributed by atoms with Crippen molar-refractivity contribution in [2.24, 2.45) is 0 Å². The van der Waals surface area contributed by atoms with E-state index in [0.29, 0.717) is 0 Å². The van der Waals surface area contributed by atoms with Gasteiger partial charge in [0.25, 0.3) is 0 Å². The first-order valence-electron chi connectivity index (χ1n) is 25.2. The topological polar surface area (TPSA) is 0 Å². The van der Waals surface area contributed by atoms with Crippen molar-refractivity contribution >= 4 is 271 Å². The third kappa shape index (κ3) is 2.64. The minimum absolute atomic E-state index is 0. The highest BCUT2D eigenvalue weighted by molar-refractivity contribution is 6.70. The van der Waals surface area contributed by atoms with Crippen LogP contribution in [0.3, 0.4) is 0 Å². The predicted octanol–water partition coefficient (Wildman–Crippen LogP) is 20.8. The van der Waals surface area contributed by atoms with Gasteiger partial charge in [-0.25, -0.2) is 0 Å². The van der Waals surface area contributed by atoms with Gasteiger partial charge < -0.3 is 0 Å². The van der Waals surface area contributed by atoms with Gasteiger partial charge in [-0.3, -0.25) is 0 Å². The lowest BCUT2D eigenvalue weighted by atomic mass is 9.68. The van der Waals surface area contributed by atoms with E-state index in [1.54, 1.807) is 0 Å². The van der Waals surface area contributed by atoms with E-state index >= 15 is 0 Å². The van der Waals surface area contributed by atoms with Crippen LogP contribution in [0.4, 0.5) is 0 Å². The van der Waals surface area contributed by atoms with Gasteiger partial charge in [-0.2, -0.15) is 0 Å².